The first-order valence-electron chi connectivity index (χ1n) is 11.6. The maximum atomic E-state index is 8.45. The molecule has 0 aromatic heterocycles. The highest BCUT2D eigenvalue weighted by molar-refractivity contribution is 5.92. The lowest BCUT2D eigenvalue weighted by Crippen LogP contribution is -2.32. The largest absolute Gasteiger partial charge is 0.370 e. The van der Waals surface area contributed by atoms with E-state index in [2.05, 4.69) is 34.1 Å². The monoisotopic (exact) mass is 452 g/mol. The second-order valence-electron chi connectivity index (χ2n) is 8.87. The van der Waals surface area contributed by atoms with E-state index in [4.69, 9.17) is 33.9 Å². The van der Waals surface area contributed by atoms with Crippen LogP contribution in [0.5, 0.6) is 0 Å². The van der Waals surface area contributed by atoms with Crippen LogP contribution in [-0.4, -0.2) is 36.5 Å². The molecule has 11 N–H and O–H groups in total. The van der Waals surface area contributed by atoms with Crippen molar-refractivity contribution in [1.82, 2.24) is 5.32 Å². The van der Waals surface area contributed by atoms with Gasteiger partial charge in [-0.15, -0.1) is 0 Å². The molecule has 0 fully saturated rings. The van der Waals surface area contributed by atoms with E-state index in [1.807, 2.05) is 13.8 Å². The van der Waals surface area contributed by atoms with E-state index in [-0.39, 0.29) is 23.4 Å². The van der Waals surface area contributed by atoms with Crippen molar-refractivity contribution in [1.29, 1.82) is 5.26 Å². The van der Waals surface area contributed by atoms with Crippen LogP contribution in [0.4, 0.5) is 0 Å². The summed E-state index contributed by atoms with van der Waals surface area (Å²) in [5.74, 6) is 1.04. The van der Waals surface area contributed by atoms with Crippen molar-refractivity contribution in [2.45, 2.75) is 97.4 Å². The number of guanidine groups is 3. The summed E-state index contributed by atoms with van der Waals surface area (Å²) in [4.78, 5) is 11.9. The van der Waals surface area contributed by atoms with Gasteiger partial charge in [-0.3, -0.25) is 10.3 Å². The molecule has 0 rings (SSSR count). The average molecular weight is 453 g/mol. The summed E-state index contributed by atoms with van der Waals surface area (Å²) >= 11 is 0. The van der Waals surface area contributed by atoms with E-state index >= 15 is 0 Å². The number of aliphatic imine (C=N–C) groups is 3. The topological polar surface area (TPSA) is 203 Å². The predicted molar refractivity (Wildman–Crippen MR) is 137 cm³/mol. The first-order chi connectivity index (χ1) is 15.0. The number of nitriles is 1. The van der Waals surface area contributed by atoms with Gasteiger partial charge in [-0.25, -0.2) is 4.99 Å². The lowest BCUT2D eigenvalue weighted by Gasteiger charge is -2.20. The number of nitrogens with one attached hydrogen (secondary N) is 1. The Morgan fingerprint density at radius 2 is 1.53 bits per heavy atom. The Balaban J connectivity index is 0. The summed E-state index contributed by atoms with van der Waals surface area (Å²) in [6, 6.07) is 0. The van der Waals surface area contributed by atoms with E-state index in [9.17, 15) is 0 Å². The summed E-state index contributed by atoms with van der Waals surface area (Å²) in [5, 5.41) is 10.8. The van der Waals surface area contributed by atoms with Gasteiger partial charge < -0.3 is 28.7 Å². The van der Waals surface area contributed by atoms with Gasteiger partial charge in [0.15, 0.2) is 12.2 Å². The van der Waals surface area contributed by atoms with Crippen LogP contribution in [-0.2, 0) is 0 Å². The average Bonchev–Trinajstić information content (AvgIpc) is 2.66. The normalized spacial score (nSPS) is 12.0. The molecular formula is C22H48N10. The molecule has 0 aliphatic heterocycles. The minimum Gasteiger partial charge on any atom is -0.370 e. The maximum Gasteiger partial charge on any atom is 0.218 e. The Morgan fingerprint density at radius 3 is 2.09 bits per heavy atom. The minimum atomic E-state index is -0.288. The SMILES string of the molecule is CC(C)(CCCCCCN=C(N)N=C(N)N)N=C(N)NC#N.CC(C)CCCCCCN. The van der Waals surface area contributed by atoms with Crippen molar-refractivity contribution < 1.29 is 0 Å². The molecule has 0 saturated carbocycles. The van der Waals surface area contributed by atoms with Crippen LogP contribution in [0.15, 0.2) is 15.0 Å². The van der Waals surface area contributed by atoms with Crippen molar-refractivity contribution >= 4 is 17.9 Å². The summed E-state index contributed by atoms with van der Waals surface area (Å²) in [6.45, 7) is 10.00. The van der Waals surface area contributed by atoms with Crippen molar-refractivity contribution in [2.75, 3.05) is 13.1 Å². The van der Waals surface area contributed by atoms with Crippen LogP contribution in [0.1, 0.15) is 91.9 Å². The fourth-order valence-electron chi connectivity index (χ4n) is 2.90. The van der Waals surface area contributed by atoms with E-state index in [1.54, 1.807) is 6.19 Å². The molecule has 0 spiro atoms. The molecule has 32 heavy (non-hydrogen) atoms. The summed E-state index contributed by atoms with van der Waals surface area (Å²) in [6.07, 6.45) is 13.3. The van der Waals surface area contributed by atoms with E-state index in [0.717, 1.165) is 44.6 Å². The third-order valence-corrected chi connectivity index (χ3v) is 4.56. The summed E-state index contributed by atoms with van der Waals surface area (Å²) in [7, 11) is 0. The molecule has 10 nitrogen and oxygen atoms in total. The van der Waals surface area contributed by atoms with E-state index in [0.29, 0.717) is 6.54 Å². The molecule has 0 amide bonds. The van der Waals surface area contributed by atoms with Crippen LogP contribution >= 0.6 is 0 Å². The molecule has 0 aliphatic rings. The van der Waals surface area contributed by atoms with Crippen LogP contribution in [0.25, 0.3) is 0 Å². The highest BCUT2D eigenvalue weighted by Crippen LogP contribution is 2.18. The molecule has 0 aromatic rings. The Hall–Kier alpha value is -2.54. The highest BCUT2D eigenvalue weighted by Gasteiger charge is 2.16. The zero-order chi connectivity index (χ0) is 24.8. The fourth-order valence-corrected chi connectivity index (χ4v) is 2.90. The smallest absolute Gasteiger partial charge is 0.218 e. The molecule has 186 valence electrons. The highest BCUT2D eigenvalue weighted by atomic mass is 15.1. The van der Waals surface area contributed by atoms with Gasteiger partial charge >= 0.3 is 0 Å². The lowest BCUT2D eigenvalue weighted by atomic mass is 9.97. The number of hydrogen-bond donors (Lipinski definition) is 6. The molecule has 0 aromatic carbocycles. The van der Waals surface area contributed by atoms with Gasteiger partial charge in [0.2, 0.25) is 11.9 Å². The van der Waals surface area contributed by atoms with Crippen molar-refractivity contribution in [3.63, 3.8) is 0 Å². The van der Waals surface area contributed by atoms with Crippen molar-refractivity contribution in [3.8, 4) is 6.19 Å². The molecule has 0 saturated heterocycles. The standard InChI is InChI=1S/C13H27N9.C9H21N/c1-13(2,22-12(18)20-9-14)7-5-3-4-6-8-19-11(17)21-10(15)16;1-9(2)7-5-3-4-6-8-10/h3-8H2,1-2H3,(H3,18,20,22)(H6,15,16,17,19,21);9H,3-8,10H2,1-2H3. The Labute approximate surface area is 195 Å². The van der Waals surface area contributed by atoms with Gasteiger partial charge in [0, 0.05) is 6.54 Å². The zero-order valence-electron chi connectivity index (χ0n) is 20.7. The maximum absolute atomic E-state index is 8.45. The second kappa shape index (κ2) is 20.4. The summed E-state index contributed by atoms with van der Waals surface area (Å²) < 4.78 is 0. The number of hydrogen-bond acceptors (Lipinski definition) is 4. The molecule has 0 atom stereocenters. The number of nitrogens with two attached hydrogens (primary N) is 5. The van der Waals surface area contributed by atoms with Gasteiger partial charge in [-0.2, -0.15) is 10.3 Å². The second-order valence-corrected chi connectivity index (χ2v) is 8.87. The molecular weight excluding hydrogens is 404 g/mol. The Kier molecular flexibility index (Phi) is 20.1. The number of nitrogens with zero attached hydrogens (tertiary/aromatic N) is 4. The van der Waals surface area contributed by atoms with E-state index < -0.39 is 0 Å². The Bertz CT molecular complexity index is 584. The first kappa shape index (κ1) is 31.6. The van der Waals surface area contributed by atoms with Crippen molar-refractivity contribution in [3.05, 3.63) is 0 Å². The van der Waals surface area contributed by atoms with Crippen molar-refractivity contribution in [2.24, 2.45) is 49.6 Å². The van der Waals surface area contributed by atoms with Crippen LogP contribution in [0, 0.1) is 17.4 Å². The van der Waals surface area contributed by atoms with Gasteiger partial charge in [0.25, 0.3) is 0 Å². The van der Waals surface area contributed by atoms with Gasteiger partial charge in [-0.1, -0.05) is 58.8 Å². The van der Waals surface area contributed by atoms with Gasteiger partial charge in [0.1, 0.15) is 0 Å². The third kappa shape index (κ3) is 25.5. The summed E-state index contributed by atoms with van der Waals surface area (Å²) in [5.41, 5.74) is 26.5. The number of unbranched alkanes of at least 4 members (excludes halogenated alkanes) is 6. The third-order valence-electron chi connectivity index (χ3n) is 4.56. The lowest BCUT2D eigenvalue weighted by molar-refractivity contribution is 0.445. The van der Waals surface area contributed by atoms with E-state index in [1.165, 1.54) is 32.1 Å². The predicted octanol–water partition coefficient (Wildman–Crippen LogP) is 2.24. The molecule has 0 heterocycles. The zero-order valence-corrected chi connectivity index (χ0v) is 20.7. The van der Waals surface area contributed by atoms with Crippen LogP contribution in [0.3, 0.4) is 0 Å². The first-order valence-corrected chi connectivity index (χ1v) is 11.6. The van der Waals surface area contributed by atoms with Crippen LogP contribution in [0.2, 0.25) is 0 Å². The number of rotatable bonds is 14. The molecule has 10 heteroatoms. The van der Waals surface area contributed by atoms with Gasteiger partial charge in [-0.05, 0) is 45.6 Å². The molecule has 0 unspecified atom stereocenters. The van der Waals surface area contributed by atoms with Gasteiger partial charge in [0.05, 0.1) is 5.54 Å². The quantitative estimate of drug-likeness (QED) is 0.0761. The van der Waals surface area contributed by atoms with Crippen LogP contribution < -0.4 is 34.0 Å². The fraction of sp³-hybridized carbons (Fsp3) is 0.818. The molecule has 0 bridgehead atoms. The molecule has 0 radical (unpaired) electrons. The minimum absolute atomic E-state index is 0.0887. The Morgan fingerprint density at radius 1 is 0.938 bits per heavy atom. The molecule has 0 aliphatic carbocycles.